The van der Waals surface area contributed by atoms with Crippen LogP contribution in [0.15, 0.2) is 58.3 Å². The van der Waals surface area contributed by atoms with Gasteiger partial charge in [0.25, 0.3) is 20.2 Å². The number of benzene rings is 2. The molecule has 0 heterocycles. The third-order valence-electron chi connectivity index (χ3n) is 4.85. The molecule has 0 amide bonds. The zero-order chi connectivity index (χ0) is 23.1. The lowest BCUT2D eigenvalue weighted by atomic mass is 9.99. The third-order valence-corrected chi connectivity index (χ3v) is 7.50. The first-order valence-corrected chi connectivity index (χ1v) is 12.9. The van der Waals surface area contributed by atoms with E-state index in [0.29, 0.717) is 6.61 Å². The molecule has 172 valence electrons. The van der Waals surface area contributed by atoms with E-state index in [2.05, 4.69) is 0 Å². The van der Waals surface area contributed by atoms with Crippen LogP contribution in [0.25, 0.3) is 0 Å². The van der Waals surface area contributed by atoms with Crippen LogP contribution in [0.5, 0.6) is 0 Å². The maximum Gasteiger partial charge on any atom is 0.296 e. The molecule has 0 saturated heterocycles. The van der Waals surface area contributed by atoms with Gasteiger partial charge in [0.2, 0.25) is 0 Å². The Morgan fingerprint density at radius 3 is 1.39 bits per heavy atom. The van der Waals surface area contributed by atoms with Crippen molar-refractivity contribution in [2.75, 3.05) is 19.8 Å². The average Bonchev–Trinajstić information content (AvgIpc) is 2.68. The van der Waals surface area contributed by atoms with Crippen molar-refractivity contribution in [1.82, 2.24) is 0 Å². The summed E-state index contributed by atoms with van der Waals surface area (Å²) in [6, 6.07) is 12.8. The molecule has 0 fully saturated rings. The van der Waals surface area contributed by atoms with Gasteiger partial charge in [-0.05, 0) is 52.0 Å². The van der Waals surface area contributed by atoms with Gasteiger partial charge >= 0.3 is 0 Å². The summed E-state index contributed by atoms with van der Waals surface area (Å²) < 4.78 is 65.5. The van der Waals surface area contributed by atoms with E-state index in [1.807, 2.05) is 20.8 Å². The van der Waals surface area contributed by atoms with E-state index in [1.165, 1.54) is 24.3 Å². The fourth-order valence-corrected chi connectivity index (χ4v) is 4.71. The predicted octanol–water partition coefficient (Wildman–Crippen LogP) is 3.99. The summed E-state index contributed by atoms with van der Waals surface area (Å²) in [5, 5.41) is 0. The number of rotatable bonds is 12. The van der Waals surface area contributed by atoms with Crippen LogP contribution in [0, 0.1) is 13.8 Å². The van der Waals surface area contributed by atoms with E-state index in [-0.39, 0.29) is 35.8 Å². The Kier molecular flexibility index (Phi) is 8.79. The van der Waals surface area contributed by atoms with Gasteiger partial charge in [-0.15, -0.1) is 0 Å². The van der Waals surface area contributed by atoms with Crippen LogP contribution in [0.4, 0.5) is 0 Å². The summed E-state index contributed by atoms with van der Waals surface area (Å²) >= 11 is 0. The minimum Gasteiger partial charge on any atom is -0.375 e. The minimum absolute atomic E-state index is 0.0868. The van der Waals surface area contributed by atoms with Crippen LogP contribution >= 0.6 is 0 Å². The fourth-order valence-electron chi connectivity index (χ4n) is 2.90. The first-order valence-electron chi connectivity index (χ1n) is 10.0. The Bertz CT molecular complexity index is 961. The first-order chi connectivity index (χ1) is 14.5. The smallest absolute Gasteiger partial charge is 0.296 e. The van der Waals surface area contributed by atoms with Crippen molar-refractivity contribution in [2.24, 2.45) is 0 Å². The zero-order valence-corrected chi connectivity index (χ0v) is 20.0. The summed E-state index contributed by atoms with van der Waals surface area (Å²) in [5.74, 6) is 0. The van der Waals surface area contributed by atoms with Gasteiger partial charge in [-0.25, -0.2) is 0 Å². The molecule has 2 rings (SSSR count). The highest BCUT2D eigenvalue weighted by Gasteiger charge is 2.27. The van der Waals surface area contributed by atoms with Crippen molar-refractivity contribution in [3.8, 4) is 0 Å². The second-order valence-electron chi connectivity index (χ2n) is 7.56. The first kappa shape index (κ1) is 25.5. The van der Waals surface area contributed by atoms with Crippen molar-refractivity contribution in [3.05, 3.63) is 59.7 Å². The van der Waals surface area contributed by atoms with Gasteiger partial charge in [-0.1, -0.05) is 35.4 Å². The van der Waals surface area contributed by atoms with Crippen molar-refractivity contribution in [3.63, 3.8) is 0 Å². The standard InChI is InChI=1S/C22H30O7S2/c1-5-27-22(4,14-16-28-30(23,24)20-10-6-18(2)7-11-20)15-17-29-31(25,26)21-12-8-19(3)9-13-21/h6-13H,5,14-17H2,1-4H3. The van der Waals surface area contributed by atoms with E-state index in [9.17, 15) is 16.8 Å². The molecule has 0 aliphatic heterocycles. The van der Waals surface area contributed by atoms with Gasteiger partial charge in [0, 0.05) is 19.4 Å². The van der Waals surface area contributed by atoms with Crippen LogP contribution in [-0.4, -0.2) is 42.3 Å². The largest absolute Gasteiger partial charge is 0.375 e. The fraction of sp³-hybridized carbons (Fsp3) is 0.455. The van der Waals surface area contributed by atoms with Crippen molar-refractivity contribution in [2.45, 2.75) is 55.9 Å². The topological polar surface area (TPSA) is 96.0 Å². The second-order valence-corrected chi connectivity index (χ2v) is 10.8. The normalized spacial score (nSPS) is 12.8. The molecule has 0 aliphatic carbocycles. The highest BCUT2D eigenvalue weighted by molar-refractivity contribution is 7.87. The molecule has 0 N–H and O–H groups in total. The van der Waals surface area contributed by atoms with Gasteiger partial charge in [0.1, 0.15) is 0 Å². The lowest BCUT2D eigenvalue weighted by molar-refractivity contribution is -0.0499. The lowest BCUT2D eigenvalue weighted by Gasteiger charge is -2.29. The Balaban J connectivity index is 1.93. The van der Waals surface area contributed by atoms with Gasteiger partial charge in [-0.3, -0.25) is 8.37 Å². The lowest BCUT2D eigenvalue weighted by Crippen LogP contribution is -2.33. The summed E-state index contributed by atoms with van der Waals surface area (Å²) in [6.45, 7) is 7.50. The van der Waals surface area contributed by atoms with E-state index in [0.717, 1.165) is 11.1 Å². The Hall–Kier alpha value is -1.78. The minimum atomic E-state index is -3.88. The molecule has 0 atom stereocenters. The SMILES string of the molecule is CCOC(C)(CCOS(=O)(=O)c1ccc(C)cc1)CCOS(=O)(=O)c1ccc(C)cc1. The molecule has 0 aromatic heterocycles. The van der Waals surface area contributed by atoms with Crippen molar-refractivity contribution < 1.29 is 29.9 Å². The Morgan fingerprint density at radius 2 is 1.06 bits per heavy atom. The second kappa shape index (κ2) is 10.7. The molecule has 9 heteroatoms. The van der Waals surface area contributed by atoms with Gasteiger partial charge in [0.05, 0.1) is 28.6 Å². The molecule has 0 saturated carbocycles. The number of aryl methyl sites for hydroxylation is 2. The van der Waals surface area contributed by atoms with E-state index >= 15 is 0 Å². The maximum atomic E-state index is 12.3. The number of hydrogen-bond acceptors (Lipinski definition) is 7. The van der Waals surface area contributed by atoms with Crippen LogP contribution in [-0.2, 0) is 33.3 Å². The molecular formula is C22H30O7S2. The summed E-state index contributed by atoms with van der Waals surface area (Å²) in [5.41, 5.74) is 1.09. The van der Waals surface area contributed by atoms with E-state index < -0.39 is 25.8 Å². The van der Waals surface area contributed by atoms with Gasteiger partial charge < -0.3 is 4.74 Å². The quantitative estimate of drug-likeness (QED) is 0.433. The van der Waals surface area contributed by atoms with E-state index in [4.69, 9.17) is 13.1 Å². The van der Waals surface area contributed by atoms with Crippen molar-refractivity contribution in [1.29, 1.82) is 0 Å². The molecule has 2 aromatic rings. The summed E-state index contributed by atoms with van der Waals surface area (Å²) in [7, 11) is -7.76. The average molecular weight is 471 g/mol. The van der Waals surface area contributed by atoms with Crippen LogP contribution < -0.4 is 0 Å². The maximum absolute atomic E-state index is 12.3. The zero-order valence-electron chi connectivity index (χ0n) is 18.3. The van der Waals surface area contributed by atoms with Gasteiger partial charge in [0.15, 0.2) is 0 Å². The van der Waals surface area contributed by atoms with Gasteiger partial charge in [-0.2, -0.15) is 16.8 Å². The van der Waals surface area contributed by atoms with Crippen molar-refractivity contribution >= 4 is 20.2 Å². The predicted molar refractivity (Wildman–Crippen MR) is 118 cm³/mol. The molecule has 0 unspecified atom stereocenters. The molecular weight excluding hydrogens is 440 g/mol. The third kappa shape index (κ3) is 7.69. The monoisotopic (exact) mass is 470 g/mol. The highest BCUT2D eigenvalue weighted by Crippen LogP contribution is 2.23. The van der Waals surface area contributed by atoms with Crippen LogP contribution in [0.3, 0.4) is 0 Å². The molecule has 0 spiro atoms. The molecule has 7 nitrogen and oxygen atoms in total. The highest BCUT2D eigenvalue weighted by atomic mass is 32.2. The molecule has 0 radical (unpaired) electrons. The molecule has 31 heavy (non-hydrogen) atoms. The Morgan fingerprint density at radius 1 is 0.710 bits per heavy atom. The Labute approximate surface area is 185 Å². The van der Waals surface area contributed by atoms with Crippen LogP contribution in [0.1, 0.15) is 37.8 Å². The van der Waals surface area contributed by atoms with E-state index in [1.54, 1.807) is 31.2 Å². The summed E-state index contributed by atoms with van der Waals surface area (Å²) in [4.78, 5) is 0.174. The molecule has 0 aliphatic rings. The van der Waals surface area contributed by atoms with Crippen LogP contribution in [0.2, 0.25) is 0 Å². The molecule has 2 aromatic carbocycles. The molecule has 0 bridgehead atoms. The summed E-state index contributed by atoms with van der Waals surface area (Å²) in [6.07, 6.45) is 0.500. The number of hydrogen-bond donors (Lipinski definition) is 0. The number of ether oxygens (including phenoxy) is 1.